The van der Waals surface area contributed by atoms with Crippen LogP contribution >= 0.6 is 0 Å². The maximum Gasteiger partial charge on any atom is 0.149 e. The zero-order valence-electron chi connectivity index (χ0n) is 9.64. The first-order chi connectivity index (χ1) is 7.09. The van der Waals surface area contributed by atoms with Crippen molar-refractivity contribution in [2.24, 2.45) is 0 Å². The SMILES string of the molecule is CN(C)CCCN(C)c1cncc(N)n1. The normalized spacial score (nSPS) is 10.7. The zero-order chi connectivity index (χ0) is 11.3. The number of aromatic nitrogens is 2. The Kier molecular flexibility index (Phi) is 4.30. The molecule has 15 heavy (non-hydrogen) atoms. The molecule has 1 rings (SSSR count). The van der Waals surface area contributed by atoms with Crippen LogP contribution in [0.4, 0.5) is 11.6 Å². The van der Waals surface area contributed by atoms with E-state index in [-0.39, 0.29) is 0 Å². The summed E-state index contributed by atoms with van der Waals surface area (Å²) in [6.07, 6.45) is 4.38. The monoisotopic (exact) mass is 209 g/mol. The Morgan fingerprint density at radius 1 is 1.20 bits per heavy atom. The minimum Gasteiger partial charge on any atom is -0.382 e. The van der Waals surface area contributed by atoms with Gasteiger partial charge in [0.25, 0.3) is 0 Å². The van der Waals surface area contributed by atoms with Crippen molar-refractivity contribution in [1.29, 1.82) is 0 Å². The largest absolute Gasteiger partial charge is 0.382 e. The summed E-state index contributed by atoms with van der Waals surface area (Å²) in [5.41, 5.74) is 5.56. The molecule has 0 aromatic carbocycles. The van der Waals surface area contributed by atoms with E-state index in [1.54, 1.807) is 12.4 Å². The van der Waals surface area contributed by atoms with Crippen LogP contribution in [-0.2, 0) is 0 Å². The molecule has 1 heterocycles. The quantitative estimate of drug-likeness (QED) is 0.763. The van der Waals surface area contributed by atoms with E-state index < -0.39 is 0 Å². The Bertz CT molecular complexity index is 300. The fourth-order valence-electron chi connectivity index (χ4n) is 1.29. The fourth-order valence-corrected chi connectivity index (χ4v) is 1.29. The predicted molar refractivity (Wildman–Crippen MR) is 62.9 cm³/mol. The molecule has 84 valence electrons. The zero-order valence-corrected chi connectivity index (χ0v) is 9.64. The van der Waals surface area contributed by atoms with Gasteiger partial charge in [0.15, 0.2) is 0 Å². The summed E-state index contributed by atoms with van der Waals surface area (Å²) in [5.74, 6) is 1.29. The van der Waals surface area contributed by atoms with E-state index in [1.807, 2.05) is 7.05 Å². The Hall–Kier alpha value is -1.36. The van der Waals surface area contributed by atoms with Crippen LogP contribution in [-0.4, -0.2) is 49.1 Å². The number of hydrogen-bond donors (Lipinski definition) is 1. The second kappa shape index (κ2) is 5.50. The molecule has 0 aliphatic heterocycles. The van der Waals surface area contributed by atoms with Gasteiger partial charge >= 0.3 is 0 Å². The van der Waals surface area contributed by atoms with Gasteiger partial charge in [-0.1, -0.05) is 0 Å². The highest BCUT2D eigenvalue weighted by molar-refractivity contribution is 5.40. The van der Waals surface area contributed by atoms with Crippen LogP contribution in [0.25, 0.3) is 0 Å². The van der Waals surface area contributed by atoms with Gasteiger partial charge < -0.3 is 15.5 Å². The van der Waals surface area contributed by atoms with Crippen LogP contribution in [0, 0.1) is 0 Å². The molecule has 2 N–H and O–H groups in total. The molecule has 1 aromatic heterocycles. The van der Waals surface area contributed by atoms with Crippen molar-refractivity contribution in [3.8, 4) is 0 Å². The first-order valence-electron chi connectivity index (χ1n) is 5.03. The molecular weight excluding hydrogens is 190 g/mol. The van der Waals surface area contributed by atoms with Gasteiger partial charge in [-0.2, -0.15) is 0 Å². The van der Waals surface area contributed by atoms with Gasteiger partial charge in [-0.15, -0.1) is 0 Å². The van der Waals surface area contributed by atoms with Gasteiger partial charge in [-0.3, -0.25) is 4.98 Å². The highest BCUT2D eigenvalue weighted by Gasteiger charge is 2.02. The van der Waals surface area contributed by atoms with Crippen LogP contribution in [0.3, 0.4) is 0 Å². The van der Waals surface area contributed by atoms with Crippen molar-refractivity contribution in [2.75, 3.05) is 44.9 Å². The summed E-state index contributed by atoms with van der Waals surface area (Å²) in [6, 6.07) is 0. The molecule has 0 aliphatic carbocycles. The van der Waals surface area contributed by atoms with Gasteiger partial charge in [-0.05, 0) is 27.1 Å². The van der Waals surface area contributed by atoms with E-state index in [9.17, 15) is 0 Å². The first kappa shape index (κ1) is 11.7. The molecule has 0 radical (unpaired) electrons. The summed E-state index contributed by atoms with van der Waals surface area (Å²) >= 11 is 0. The van der Waals surface area contributed by atoms with Gasteiger partial charge in [0.2, 0.25) is 0 Å². The standard InChI is InChI=1S/C10H19N5/c1-14(2)5-4-6-15(3)10-8-12-7-9(11)13-10/h7-8H,4-6H2,1-3H3,(H2,11,13). The van der Waals surface area contributed by atoms with Crippen molar-refractivity contribution in [3.63, 3.8) is 0 Å². The smallest absolute Gasteiger partial charge is 0.149 e. The topological polar surface area (TPSA) is 58.3 Å². The van der Waals surface area contributed by atoms with Crippen LogP contribution in [0.15, 0.2) is 12.4 Å². The lowest BCUT2D eigenvalue weighted by molar-refractivity contribution is 0.401. The molecule has 5 nitrogen and oxygen atoms in total. The summed E-state index contributed by atoms with van der Waals surface area (Å²) in [6.45, 7) is 2.02. The van der Waals surface area contributed by atoms with Crippen LogP contribution < -0.4 is 10.6 Å². The van der Waals surface area contributed by atoms with Crippen molar-refractivity contribution in [2.45, 2.75) is 6.42 Å². The molecule has 5 heteroatoms. The third kappa shape index (κ3) is 4.12. The van der Waals surface area contributed by atoms with Crippen molar-refractivity contribution < 1.29 is 0 Å². The molecule has 0 bridgehead atoms. The highest BCUT2D eigenvalue weighted by Crippen LogP contribution is 2.08. The first-order valence-corrected chi connectivity index (χ1v) is 5.03. The molecule has 0 aliphatic rings. The fraction of sp³-hybridized carbons (Fsp3) is 0.600. The molecule has 0 atom stereocenters. The Morgan fingerprint density at radius 2 is 1.93 bits per heavy atom. The molecule has 0 saturated heterocycles. The summed E-state index contributed by atoms with van der Waals surface area (Å²) < 4.78 is 0. The Balaban J connectivity index is 2.43. The molecule has 0 fully saturated rings. The van der Waals surface area contributed by atoms with Crippen LogP contribution in [0.2, 0.25) is 0 Å². The molecule has 0 unspecified atom stereocenters. The molecule has 1 aromatic rings. The molecule has 0 spiro atoms. The number of rotatable bonds is 5. The van der Waals surface area contributed by atoms with Crippen LogP contribution in [0.1, 0.15) is 6.42 Å². The average molecular weight is 209 g/mol. The van der Waals surface area contributed by atoms with Gasteiger partial charge in [0.05, 0.1) is 12.4 Å². The summed E-state index contributed by atoms with van der Waals surface area (Å²) in [4.78, 5) is 12.4. The third-order valence-corrected chi connectivity index (χ3v) is 2.13. The minimum atomic E-state index is 0.465. The molecule has 0 saturated carbocycles. The van der Waals surface area contributed by atoms with E-state index in [2.05, 4.69) is 33.9 Å². The third-order valence-electron chi connectivity index (χ3n) is 2.13. The van der Waals surface area contributed by atoms with Crippen molar-refractivity contribution in [1.82, 2.24) is 14.9 Å². The lowest BCUT2D eigenvalue weighted by Gasteiger charge is -2.19. The van der Waals surface area contributed by atoms with E-state index in [4.69, 9.17) is 5.73 Å². The van der Waals surface area contributed by atoms with Crippen LogP contribution in [0.5, 0.6) is 0 Å². The number of nitrogens with zero attached hydrogens (tertiary/aromatic N) is 4. The Labute approximate surface area is 90.9 Å². The van der Waals surface area contributed by atoms with E-state index in [1.165, 1.54) is 0 Å². The summed E-state index contributed by atoms with van der Waals surface area (Å²) in [5, 5.41) is 0. The second-order valence-electron chi connectivity index (χ2n) is 3.88. The average Bonchev–Trinajstić information content (AvgIpc) is 2.17. The highest BCUT2D eigenvalue weighted by atomic mass is 15.2. The number of hydrogen-bond acceptors (Lipinski definition) is 5. The lowest BCUT2D eigenvalue weighted by Crippen LogP contribution is -2.24. The molecular formula is C10H19N5. The van der Waals surface area contributed by atoms with E-state index in [0.717, 1.165) is 25.3 Å². The Morgan fingerprint density at radius 3 is 2.53 bits per heavy atom. The van der Waals surface area contributed by atoms with E-state index >= 15 is 0 Å². The maximum absolute atomic E-state index is 5.56. The number of anilines is 2. The van der Waals surface area contributed by atoms with Crippen molar-refractivity contribution >= 4 is 11.6 Å². The molecule has 0 amide bonds. The predicted octanol–water partition coefficient (Wildman–Crippen LogP) is 0.447. The van der Waals surface area contributed by atoms with Gasteiger partial charge in [0.1, 0.15) is 11.6 Å². The second-order valence-corrected chi connectivity index (χ2v) is 3.88. The van der Waals surface area contributed by atoms with E-state index in [0.29, 0.717) is 5.82 Å². The van der Waals surface area contributed by atoms with Gasteiger partial charge in [0, 0.05) is 13.6 Å². The minimum absolute atomic E-state index is 0.465. The summed E-state index contributed by atoms with van der Waals surface area (Å²) in [7, 11) is 6.14. The number of nitrogen functional groups attached to an aromatic ring is 1. The number of nitrogens with two attached hydrogens (primary N) is 1. The lowest BCUT2D eigenvalue weighted by atomic mass is 10.4. The van der Waals surface area contributed by atoms with Gasteiger partial charge in [-0.25, -0.2) is 4.98 Å². The maximum atomic E-state index is 5.56. The van der Waals surface area contributed by atoms with Crippen molar-refractivity contribution in [3.05, 3.63) is 12.4 Å².